The van der Waals surface area contributed by atoms with Gasteiger partial charge in [0, 0.05) is 25.2 Å². The van der Waals surface area contributed by atoms with Gasteiger partial charge in [0.25, 0.3) is 0 Å². The highest BCUT2D eigenvalue weighted by molar-refractivity contribution is 5.66. The second-order valence-corrected chi connectivity index (χ2v) is 11.9. The summed E-state index contributed by atoms with van der Waals surface area (Å²) in [6, 6.07) is 0. The molecule has 5 rings (SSSR count). The fraction of sp³-hybridized carbons (Fsp3) is 0.923. The summed E-state index contributed by atoms with van der Waals surface area (Å²) < 4.78 is 18.6. The second-order valence-electron chi connectivity index (χ2n) is 11.9. The molecule has 0 N–H and O–H groups in total. The first-order valence-corrected chi connectivity index (χ1v) is 12.6. The van der Waals surface area contributed by atoms with Crippen LogP contribution in [0.3, 0.4) is 0 Å². The number of aldehydes is 1. The molecule has 1 heterocycles. The van der Waals surface area contributed by atoms with Gasteiger partial charge < -0.3 is 19.0 Å². The highest BCUT2D eigenvalue weighted by Crippen LogP contribution is 2.70. The minimum Gasteiger partial charge on any atom is -0.463 e. The van der Waals surface area contributed by atoms with Crippen LogP contribution in [0, 0.1) is 46.3 Å². The van der Waals surface area contributed by atoms with Crippen molar-refractivity contribution >= 4 is 12.3 Å². The van der Waals surface area contributed by atoms with E-state index < -0.39 is 5.79 Å². The Hall–Kier alpha value is -0.940. The van der Waals surface area contributed by atoms with Crippen LogP contribution in [0.25, 0.3) is 0 Å². The molecule has 1 saturated heterocycles. The maximum Gasteiger partial charge on any atom is 0.302 e. The van der Waals surface area contributed by atoms with Gasteiger partial charge in [-0.1, -0.05) is 20.8 Å². The van der Waals surface area contributed by atoms with Gasteiger partial charge >= 0.3 is 5.97 Å². The molecule has 5 nitrogen and oxygen atoms in total. The molecule has 4 saturated carbocycles. The average molecular weight is 433 g/mol. The summed E-state index contributed by atoms with van der Waals surface area (Å²) in [7, 11) is 0. The van der Waals surface area contributed by atoms with E-state index in [0.717, 1.165) is 25.7 Å². The van der Waals surface area contributed by atoms with Crippen molar-refractivity contribution in [2.45, 2.75) is 91.0 Å². The number of hydrogen-bond donors (Lipinski definition) is 0. The van der Waals surface area contributed by atoms with Crippen molar-refractivity contribution in [1.82, 2.24) is 0 Å². The normalized spacial score (nSPS) is 49.0. The lowest BCUT2D eigenvalue weighted by Gasteiger charge is -2.65. The molecule has 174 valence electrons. The third kappa shape index (κ3) is 3.16. The summed E-state index contributed by atoms with van der Waals surface area (Å²) in [6.45, 7) is 9.91. The van der Waals surface area contributed by atoms with Gasteiger partial charge in [-0.15, -0.1) is 0 Å². The van der Waals surface area contributed by atoms with Crippen molar-refractivity contribution < 1.29 is 23.8 Å². The van der Waals surface area contributed by atoms with E-state index in [2.05, 4.69) is 20.8 Å². The third-order valence-corrected chi connectivity index (χ3v) is 10.7. The maximum absolute atomic E-state index is 11.7. The summed E-state index contributed by atoms with van der Waals surface area (Å²) in [5.41, 5.74) is 0.402. The van der Waals surface area contributed by atoms with Crippen molar-refractivity contribution in [2.75, 3.05) is 13.2 Å². The molecule has 31 heavy (non-hydrogen) atoms. The zero-order chi connectivity index (χ0) is 22.0. The molecule has 1 unspecified atom stereocenters. The lowest BCUT2D eigenvalue weighted by atomic mass is 9.43. The van der Waals surface area contributed by atoms with Gasteiger partial charge in [0.1, 0.15) is 12.4 Å². The second kappa shape index (κ2) is 7.55. The predicted octanol–water partition coefficient (Wildman–Crippen LogP) is 4.77. The Morgan fingerprint density at radius 3 is 2.39 bits per heavy atom. The Morgan fingerprint density at radius 2 is 1.71 bits per heavy atom. The quantitative estimate of drug-likeness (QED) is 0.475. The van der Waals surface area contributed by atoms with Crippen LogP contribution in [0.2, 0.25) is 0 Å². The fourth-order valence-electron chi connectivity index (χ4n) is 9.41. The van der Waals surface area contributed by atoms with Gasteiger partial charge in [-0.3, -0.25) is 4.79 Å². The molecular weight excluding hydrogens is 392 g/mol. The van der Waals surface area contributed by atoms with Crippen LogP contribution < -0.4 is 0 Å². The number of esters is 1. The topological polar surface area (TPSA) is 61.8 Å². The average Bonchev–Trinajstić information content (AvgIpc) is 3.33. The maximum atomic E-state index is 11.7. The number of ether oxygens (including phenoxy) is 3. The lowest BCUT2D eigenvalue weighted by molar-refractivity contribution is -0.298. The molecular formula is C26H40O5. The van der Waals surface area contributed by atoms with Gasteiger partial charge in [-0.2, -0.15) is 0 Å². The van der Waals surface area contributed by atoms with Gasteiger partial charge in [-0.05, 0) is 79.4 Å². The van der Waals surface area contributed by atoms with Crippen LogP contribution in [0.5, 0.6) is 0 Å². The van der Waals surface area contributed by atoms with Crippen molar-refractivity contribution in [3.05, 3.63) is 0 Å². The first-order valence-electron chi connectivity index (χ1n) is 12.6. The molecule has 0 aromatic carbocycles. The molecule has 0 radical (unpaired) electrons. The van der Waals surface area contributed by atoms with Crippen LogP contribution in [0.4, 0.5) is 0 Å². The Morgan fingerprint density at radius 1 is 1.03 bits per heavy atom. The minimum atomic E-state index is -0.526. The van der Waals surface area contributed by atoms with E-state index in [1.165, 1.54) is 38.9 Å². The van der Waals surface area contributed by atoms with E-state index in [0.29, 0.717) is 36.9 Å². The van der Waals surface area contributed by atoms with Crippen molar-refractivity contribution in [3.8, 4) is 0 Å². The fourth-order valence-corrected chi connectivity index (χ4v) is 9.41. The summed E-state index contributed by atoms with van der Waals surface area (Å²) in [4.78, 5) is 23.3. The Balaban J connectivity index is 1.48. The molecule has 9 atom stereocenters. The van der Waals surface area contributed by atoms with Crippen LogP contribution in [0.1, 0.15) is 79.1 Å². The minimum absolute atomic E-state index is 0.0186. The van der Waals surface area contributed by atoms with E-state index in [9.17, 15) is 9.59 Å². The molecule has 4 aliphatic carbocycles. The van der Waals surface area contributed by atoms with Crippen LogP contribution in [-0.2, 0) is 23.8 Å². The molecule has 0 bridgehead atoms. The molecule has 0 aromatic heterocycles. The Kier molecular flexibility index (Phi) is 5.33. The van der Waals surface area contributed by atoms with Crippen molar-refractivity contribution in [1.29, 1.82) is 0 Å². The molecule has 5 fully saturated rings. The molecule has 5 aliphatic rings. The summed E-state index contributed by atoms with van der Waals surface area (Å²) >= 11 is 0. The van der Waals surface area contributed by atoms with E-state index in [4.69, 9.17) is 14.2 Å². The van der Waals surface area contributed by atoms with Gasteiger partial charge in [0.15, 0.2) is 5.79 Å². The highest BCUT2D eigenvalue weighted by atomic mass is 16.7. The number of carbonyl (C=O) groups is 2. The van der Waals surface area contributed by atoms with Gasteiger partial charge in [0.2, 0.25) is 0 Å². The van der Waals surface area contributed by atoms with E-state index in [-0.39, 0.29) is 34.7 Å². The SMILES string of the molecule is CC(=O)O[C@H]1CC[C@@]2(C)C(C1)C1(C[C@H]3[C@@H]4CC[C@H]([C@@H](C)C=O)[C@@]4(C)CC[C@@H]32)OCCO1. The number of rotatable bonds is 3. The zero-order valence-corrected chi connectivity index (χ0v) is 19.7. The van der Waals surface area contributed by atoms with Crippen LogP contribution in [0.15, 0.2) is 0 Å². The molecule has 5 heteroatoms. The predicted molar refractivity (Wildman–Crippen MR) is 116 cm³/mol. The number of fused-ring (bicyclic) bond motifs is 6. The zero-order valence-electron chi connectivity index (χ0n) is 19.7. The largest absolute Gasteiger partial charge is 0.463 e. The molecule has 0 aromatic rings. The summed E-state index contributed by atoms with van der Waals surface area (Å²) in [6.07, 6.45) is 9.87. The monoisotopic (exact) mass is 432 g/mol. The van der Waals surface area contributed by atoms with Crippen molar-refractivity contribution in [2.24, 2.45) is 46.3 Å². The molecule has 1 aliphatic heterocycles. The van der Waals surface area contributed by atoms with Crippen LogP contribution in [-0.4, -0.2) is 37.4 Å². The standard InChI is InChI=1S/C26H40O5/c1-16(15-27)20-5-6-21-19-14-26(29-11-12-30-26)23-13-18(31-17(2)28)7-9-25(23,4)22(19)8-10-24(20,21)3/h15-16,18-23H,5-14H2,1-4H3/t16-,18-,19-,20+,21-,22-,23?,24+,25+/m0/s1. The molecule has 0 amide bonds. The summed E-state index contributed by atoms with van der Waals surface area (Å²) in [5.74, 6) is 2.11. The van der Waals surface area contributed by atoms with Gasteiger partial charge in [-0.25, -0.2) is 0 Å². The van der Waals surface area contributed by atoms with E-state index in [1.807, 2.05) is 0 Å². The number of carbonyl (C=O) groups excluding carboxylic acids is 2. The van der Waals surface area contributed by atoms with E-state index >= 15 is 0 Å². The van der Waals surface area contributed by atoms with Crippen molar-refractivity contribution in [3.63, 3.8) is 0 Å². The van der Waals surface area contributed by atoms with Gasteiger partial charge in [0.05, 0.1) is 13.2 Å². The first kappa shape index (κ1) is 21.9. The smallest absolute Gasteiger partial charge is 0.302 e. The Labute approximate surface area is 186 Å². The highest BCUT2D eigenvalue weighted by Gasteiger charge is 2.68. The molecule has 1 spiro atoms. The summed E-state index contributed by atoms with van der Waals surface area (Å²) in [5, 5.41) is 0. The van der Waals surface area contributed by atoms with E-state index in [1.54, 1.807) is 0 Å². The Bertz CT molecular complexity index is 729. The lowest BCUT2D eigenvalue weighted by Crippen LogP contribution is -2.63. The first-order chi connectivity index (χ1) is 14.7. The third-order valence-electron chi connectivity index (χ3n) is 10.7. The number of hydrogen-bond acceptors (Lipinski definition) is 5. The van der Waals surface area contributed by atoms with Crippen LogP contribution >= 0.6 is 0 Å².